The van der Waals surface area contributed by atoms with Gasteiger partial charge in [-0.3, -0.25) is 14.5 Å². The summed E-state index contributed by atoms with van der Waals surface area (Å²) in [6, 6.07) is 12.9. The van der Waals surface area contributed by atoms with Crippen LogP contribution in [-0.2, 0) is 30.2 Å². The van der Waals surface area contributed by atoms with Crippen LogP contribution in [-0.4, -0.2) is 35.3 Å². The van der Waals surface area contributed by atoms with Crippen LogP contribution in [0, 0.1) is 0 Å². The predicted octanol–water partition coefficient (Wildman–Crippen LogP) is 1.46. The molecule has 8 nitrogen and oxygen atoms in total. The highest BCUT2D eigenvalue weighted by Gasteiger charge is 2.18. The number of aryl methyl sites for hydroxylation is 1. The number of carbonyl (C=O) groups is 1. The molecular formula is C19H21N5O3S. The molecule has 0 aliphatic rings. The van der Waals surface area contributed by atoms with Crippen molar-refractivity contribution in [2.24, 2.45) is 7.05 Å². The van der Waals surface area contributed by atoms with Crippen molar-refractivity contribution in [1.29, 1.82) is 0 Å². The lowest BCUT2D eigenvalue weighted by atomic mass is 10.1. The molecule has 28 heavy (non-hydrogen) atoms. The Balaban J connectivity index is 1.70. The number of sulfonamides is 1. The Bertz CT molecular complexity index is 1080. The average molecular weight is 399 g/mol. The molecule has 0 saturated heterocycles. The quantitative estimate of drug-likeness (QED) is 0.626. The molecule has 2 N–H and O–H groups in total. The van der Waals surface area contributed by atoms with Crippen LogP contribution in [0.4, 0.5) is 0 Å². The fourth-order valence-electron chi connectivity index (χ4n) is 2.75. The maximum absolute atomic E-state index is 12.7. The molecule has 0 spiro atoms. The Morgan fingerprint density at radius 1 is 1.11 bits per heavy atom. The van der Waals surface area contributed by atoms with Crippen molar-refractivity contribution in [1.82, 2.24) is 24.8 Å². The first-order valence-electron chi connectivity index (χ1n) is 8.57. The Morgan fingerprint density at radius 2 is 1.86 bits per heavy atom. The van der Waals surface area contributed by atoms with Gasteiger partial charge in [-0.1, -0.05) is 30.3 Å². The maximum Gasteiger partial charge on any atom is 0.255 e. The summed E-state index contributed by atoms with van der Waals surface area (Å²) >= 11 is 0. The molecule has 0 bridgehead atoms. The monoisotopic (exact) mass is 399 g/mol. The summed E-state index contributed by atoms with van der Waals surface area (Å²) in [5.74, 6) is -0.256. The number of benzene rings is 1. The summed E-state index contributed by atoms with van der Waals surface area (Å²) < 4.78 is 26.5. The topological polar surface area (TPSA) is 106 Å². The lowest BCUT2D eigenvalue weighted by molar-refractivity contribution is 0.0951. The van der Waals surface area contributed by atoms with Crippen LogP contribution in [0.5, 0.6) is 0 Å². The van der Waals surface area contributed by atoms with E-state index in [-0.39, 0.29) is 12.5 Å². The second kappa shape index (κ2) is 8.32. The van der Waals surface area contributed by atoms with E-state index < -0.39 is 10.0 Å². The van der Waals surface area contributed by atoms with E-state index in [1.54, 1.807) is 17.9 Å². The zero-order chi connectivity index (χ0) is 20.1. The van der Waals surface area contributed by atoms with Crippen molar-refractivity contribution >= 4 is 15.9 Å². The SMILES string of the molecule is Cn1ncc(C(=O)NCc2cccc(CNS(C)(=O)=O)c2)c1-c1ccccn1. The zero-order valence-corrected chi connectivity index (χ0v) is 16.4. The summed E-state index contributed by atoms with van der Waals surface area (Å²) in [6.45, 7) is 0.509. The van der Waals surface area contributed by atoms with E-state index in [0.717, 1.165) is 17.4 Å². The number of amides is 1. The van der Waals surface area contributed by atoms with Gasteiger partial charge >= 0.3 is 0 Å². The van der Waals surface area contributed by atoms with Crippen molar-refractivity contribution in [2.45, 2.75) is 13.1 Å². The van der Waals surface area contributed by atoms with Gasteiger partial charge in [-0.2, -0.15) is 5.10 Å². The molecule has 0 unspecified atom stereocenters. The second-order valence-corrected chi connectivity index (χ2v) is 8.17. The van der Waals surface area contributed by atoms with Crippen LogP contribution in [0.1, 0.15) is 21.5 Å². The third-order valence-corrected chi connectivity index (χ3v) is 4.74. The number of nitrogens with one attached hydrogen (secondary N) is 2. The van der Waals surface area contributed by atoms with Gasteiger partial charge < -0.3 is 5.32 Å². The van der Waals surface area contributed by atoms with Gasteiger partial charge in [0.05, 0.1) is 29.4 Å². The van der Waals surface area contributed by atoms with Gasteiger partial charge in [-0.05, 0) is 23.3 Å². The van der Waals surface area contributed by atoms with Gasteiger partial charge in [-0.25, -0.2) is 13.1 Å². The second-order valence-electron chi connectivity index (χ2n) is 6.34. The van der Waals surface area contributed by atoms with E-state index in [9.17, 15) is 13.2 Å². The number of pyridine rings is 1. The van der Waals surface area contributed by atoms with E-state index >= 15 is 0 Å². The summed E-state index contributed by atoms with van der Waals surface area (Å²) in [5, 5.41) is 7.06. The molecule has 3 aromatic rings. The van der Waals surface area contributed by atoms with E-state index in [1.165, 1.54) is 6.20 Å². The molecule has 0 fully saturated rings. The molecule has 9 heteroatoms. The standard InChI is InChI=1S/C19H21N5O3S/c1-24-18(17-8-3-4-9-20-17)16(13-22-24)19(25)21-11-14-6-5-7-15(10-14)12-23-28(2,26)27/h3-10,13,23H,11-12H2,1-2H3,(H,21,25). The molecular weight excluding hydrogens is 378 g/mol. The molecule has 2 heterocycles. The van der Waals surface area contributed by atoms with E-state index in [4.69, 9.17) is 0 Å². The third kappa shape index (κ3) is 5.02. The van der Waals surface area contributed by atoms with Gasteiger partial charge in [0.1, 0.15) is 0 Å². The lowest BCUT2D eigenvalue weighted by Crippen LogP contribution is -2.24. The minimum atomic E-state index is -3.26. The molecule has 2 aromatic heterocycles. The number of hydrogen-bond acceptors (Lipinski definition) is 5. The first-order chi connectivity index (χ1) is 13.3. The average Bonchev–Trinajstić information content (AvgIpc) is 3.06. The van der Waals surface area contributed by atoms with Gasteiger partial charge in [0, 0.05) is 26.3 Å². The van der Waals surface area contributed by atoms with Crippen molar-refractivity contribution < 1.29 is 13.2 Å². The third-order valence-electron chi connectivity index (χ3n) is 4.07. The van der Waals surface area contributed by atoms with Crippen molar-refractivity contribution in [3.8, 4) is 11.4 Å². The first kappa shape index (κ1) is 19.7. The summed E-state index contributed by atoms with van der Waals surface area (Å²) in [6.07, 6.45) is 4.30. The fourth-order valence-corrected chi connectivity index (χ4v) is 3.18. The van der Waals surface area contributed by atoms with Crippen LogP contribution in [0.25, 0.3) is 11.4 Å². The normalized spacial score (nSPS) is 11.4. The van der Waals surface area contributed by atoms with Crippen LogP contribution >= 0.6 is 0 Å². The number of aromatic nitrogens is 3. The van der Waals surface area contributed by atoms with Crippen LogP contribution in [0.2, 0.25) is 0 Å². The number of nitrogens with zero attached hydrogens (tertiary/aromatic N) is 3. The fraction of sp³-hybridized carbons (Fsp3) is 0.211. The zero-order valence-electron chi connectivity index (χ0n) is 15.6. The van der Waals surface area contributed by atoms with Gasteiger partial charge in [0.15, 0.2) is 0 Å². The number of hydrogen-bond donors (Lipinski definition) is 2. The highest BCUT2D eigenvalue weighted by Crippen LogP contribution is 2.20. The summed E-state index contributed by atoms with van der Waals surface area (Å²) in [4.78, 5) is 17.0. The van der Waals surface area contributed by atoms with Crippen molar-refractivity contribution in [3.63, 3.8) is 0 Å². The Labute approximate surface area is 163 Å². The van der Waals surface area contributed by atoms with E-state index in [0.29, 0.717) is 23.5 Å². The highest BCUT2D eigenvalue weighted by atomic mass is 32.2. The highest BCUT2D eigenvalue weighted by molar-refractivity contribution is 7.88. The Kier molecular flexibility index (Phi) is 5.86. The lowest BCUT2D eigenvalue weighted by Gasteiger charge is -2.09. The molecule has 1 amide bonds. The summed E-state index contributed by atoms with van der Waals surface area (Å²) in [5.41, 5.74) is 3.43. The van der Waals surface area contributed by atoms with Crippen molar-refractivity contribution in [2.75, 3.05) is 6.26 Å². The minimum absolute atomic E-state index is 0.201. The Morgan fingerprint density at radius 3 is 2.54 bits per heavy atom. The Hall–Kier alpha value is -3.04. The summed E-state index contributed by atoms with van der Waals surface area (Å²) in [7, 11) is -1.50. The molecule has 0 saturated carbocycles. The van der Waals surface area contributed by atoms with Crippen molar-refractivity contribution in [3.05, 3.63) is 71.5 Å². The first-order valence-corrected chi connectivity index (χ1v) is 10.5. The van der Waals surface area contributed by atoms with E-state index in [1.807, 2.05) is 42.5 Å². The smallest absolute Gasteiger partial charge is 0.255 e. The van der Waals surface area contributed by atoms with Crippen LogP contribution in [0.15, 0.2) is 54.9 Å². The molecule has 3 rings (SSSR count). The molecule has 146 valence electrons. The molecule has 1 aromatic carbocycles. The number of rotatable bonds is 7. The van der Waals surface area contributed by atoms with Gasteiger partial charge in [0.2, 0.25) is 10.0 Å². The van der Waals surface area contributed by atoms with E-state index in [2.05, 4.69) is 20.1 Å². The largest absolute Gasteiger partial charge is 0.348 e. The molecule has 0 aliphatic carbocycles. The maximum atomic E-state index is 12.7. The predicted molar refractivity (Wildman–Crippen MR) is 106 cm³/mol. The van der Waals surface area contributed by atoms with Gasteiger partial charge in [0.25, 0.3) is 5.91 Å². The molecule has 0 aliphatic heterocycles. The van der Waals surface area contributed by atoms with Crippen LogP contribution < -0.4 is 10.0 Å². The van der Waals surface area contributed by atoms with Crippen LogP contribution in [0.3, 0.4) is 0 Å². The molecule has 0 radical (unpaired) electrons. The number of carbonyl (C=O) groups excluding carboxylic acids is 1. The van der Waals surface area contributed by atoms with Gasteiger partial charge in [-0.15, -0.1) is 0 Å². The molecule has 0 atom stereocenters. The minimum Gasteiger partial charge on any atom is -0.348 e.